The van der Waals surface area contributed by atoms with Crippen LogP contribution in [0.4, 0.5) is 5.82 Å². The van der Waals surface area contributed by atoms with E-state index in [1.165, 1.54) is 0 Å². The van der Waals surface area contributed by atoms with Crippen molar-refractivity contribution in [1.82, 2.24) is 4.98 Å². The summed E-state index contributed by atoms with van der Waals surface area (Å²) in [4.78, 5) is 6.53. The number of halogens is 1. The Morgan fingerprint density at radius 3 is 2.70 bits per heavy atom. The molecule has 2 rings (SSSR count). The highest BCUT2D eigenvalue weighted by Crippen LogP contribution is 2.32. The molecule has 0 amide bonds. The first-order valence-corrected chi connectivity index (χ1v) is 7.29. The number of pyridine rings is 1. The lowest BCUT2D eigenvalue weighted by Crippen LogP contribution is -2.36. The molecular formula is C14H21ClN4O. The molecule has 1 saturated heterocycles. The van der Waals surface area contributed by atoms with Gasteiger partial charge in [0.15, 0.2) is 5.84 Å². The molecule has 5 nitrogen and oxygen atoms in total. The van der Waals surface area contributed by atoms with Gasteiger partial charge in [0.05, 0.1) is 5.02 Å². The molecule has 0 aromatic carbocycles. The third-order valence-corrected chi connectivity index (χ3v) is 4.41. The van der Waals surface area contributed by atoms with E-state index in [2.05, 4.69) is 28.9 Å². The van der Waals surface area contributed by atoms with E-state index in [1.807, 2.05) is 0 Å². The Bertz CT molecular complexity index is 496. The minimum absolute atomic E-state index is 0.00992. The Morgan fingerprint density at radius 2 is 2.15 bits per heavy atom. The largest absolute Gasteiger partial charge is 0.409 e. The van der Waals surface area contributed by atoms with Crippen LogP contribution in [0.3, 0.4) is 0 Å². The Balaban J connectivity index is 2.19. The van der Waals surface area contributed by atoms with E-state index in [0.717, 1.165) is 37.7 Å². The van der Waals surface area contributed by atoms with Crippen molar-refractivity contribution in [1.29, 1.82) is 0 Å². The number of rotatable bonds is 3. The van der Waals surface area contributed by atoms with E-state index in [-0.39, 0.29) is 5.84 Å². The van der Waals surface area contributed by atoms with Crippen LogP contribution in [-0.4, -0.2) is 29.1 Å². The quantitative estimate of drug-likeness (QED) is 0.389. The molecule has 0 radical (unpaired) electrons. The molecule has 6 heteroatoms. The normalized spacial score (nSPS) is 17.8. The van der Waals surface area contributed by atoms with Crippen molar-refractivity contribution in [2.24, 2.45) is 22.7 Å². The Morgan fingerprint density at radius 1 is 1.50 bits per heavy atom. The van der Waals surface area contributed by atoms with Crippen molar-refractivity contribution in [3.63, 3.8) is 0 Å². The summed E-state index contributed by atoms with van der Waals surface area (Å²) in [6.07, 6.45) is 3.93. The maximum Gasteiger partial charge on any atom is 0.171 e. The van der Waals surface area contributed by atoms with E-state index in [4.69, 9.17) is 22.5 Å². The number of amidine groups is 1. The van der Waals surface area contributed by atoms with Crippen LogP contribution in [0.1, 0.15) is 32.3 Å². The van der Waals surface area contributed by atoms with Crippen LogP contribution in [0.2, 0.25) is 5.02 Å². The zero-order chi connectivity index (χ0) is 14.7. The van der Waals surface area contributed by atoms with Crippen molar-refractivity contribution in [3.05, 3.63) is 22.8 Å². The summed E-state index contributed by atoms with van der Waals surface area (Å²) >= 11 is 6.34. The standard InChI is InChI=1S/C14H21ClN4O/c1-9(2)10-4-7-19(8-5-10)14-12(15)11(3-6-17-14)13(16)18-20/h3,6,9-10,20H,4-5,7-8H2,1-2H3,(H2,16,18). The SMILES string of the molecule is CC(C)C1CCN(c2nccc(/C(N)=N/O)c2Cl)CC1. The van der Waals surface area contributed by atoms with Crippen LogP contribution in [0.15, 0.2) is 17.4 Å². The number of piperidine rings is 1. The molecular weight excluding hydrogens is 276 g/mol. The summed E-state index contributed by atoms with van der Waals surface area (Å²) < 4.78 is 0. The third-order valence-electron chi connectivity index (χ3n) is 4.04. The van der Waals surface area contributed by atoms with Crippen molar-refractivity contribution in [2.75, 3.05) is 18.0 Å². The van der Waals surface area contributed by atoms with Gasteiger partial charge in [-0.3, -0.25) is 0 Å². The van der Waals surface area contributed by atoms with Gasteiger partial charge in [-0.05, 0) is 30.7 Å². The maximum atomic E-state index is 8.78. The zero-order valence-electron chi connectivity index (χ0n) is 11.9. The molecule has 3 N–H and O–H groups in total. The number of hydrogen-bond acceptors (Lipinski definition) is 4. The highest BCUT2D eigenvalue weighted by atomic mass is 35.5. The molecule has 1 aromatic rings. The maximum absolute atomic E-state index is 8.78. The number of anilines is 1. The number of nitrogens with two attached hydrogens (primary N) is 1. The average molecular weight is 297 g/mol. The lowest BCUT2D eigenvalue weighted by atomic mass is 9.87. The monoisotopic (exact) mass is 296 g/mol. The molecule has 1 aliphatic heterocycles. The van der Waals surface area contributed by atoms with E-state index >= 15 is 0 Å². The van der Waals surface area contributed by atoms with Gasteiger partial charge in [0.1, 0.15) is 5.82 Å². The molecule has 0 aliphatic carbocycles. The summed E-state index contributed by atoms with van der Waals surface area (Å²) in [6, 6.07) is 1.65. The number of nitrogens with zero attached hydrogens (tertiary/aromatic N) is 3. The van der Waals surface area contributed by atoms with Crippen LogP contribution in [0.25, 0.3) is 0 Å². The lowest BCUT2D eigenvalue weighted by Gasteiger charge is -2.35. The van der Waals surface area contributed by atoms with Gasteiger partial charge in [-0.15, -0.1) is 0 Å². The number of oxime groups is 1. The van der Waals surface area contributed by atoms with Gasteiger partial charge >= 0.3 is 0 Å². The third kappa shape index (κ3) is 2.98. The predicted molar refractivity (Wildman–Crippen MR) is 81.5 cm³/mol. The van der Waals surface area contributed by atoms with Crippen molar-refractivity contribution in [3.8, 4) is 0 Å². The van der Waals surface area contributed by atoms with Crippen LogP contribution in [0.5, 0.6) is 0 Å². The van der Waals surface area contributed by atoms with E-state index < -0.39 is 0 Å². The summed E-state index contributed by atoms with van der Waals surface area (Å²) in [5.74, 6) is 2.20. The minimum atomic E-state index is 0.00992. The van der Waals surface area contributed by atoms with E-state index in [1.54, 1.807) is 12.3 Å². The van der Waals surface area contributed by atoms with Gasteiger partial charge in [-0.2, -0.15) is 0 Å². The zero-order valence-corrected chi connectivity index (χ0v) is 12.6. The Labute approximate surface area is 124 Å². The highest BCUT2D eigenvalue weighted by Gasteiger charge is 2.24. The van der Waals surface area contributed by atoms with Crippen LogP contribution in [-0.2, 0) is 0 Å². The Hall–Kier alpha value is -1.49. The van der Waals surface area contributed by atoms with E-state index in [9.17, 15) is 0 Å². The molecule has 0 spiro atoms. The number of aromatic nitrogens is 1. The van der Waals surface area contributed by atoms with Crippen LogP contribution >= 0.6 is 11.6 Å². The molecule has 1 fully saturated rings. The summed E-state index contributed by atoms with van der Waals surface area (Å²) in [5.41, 5.74) is 6.14. The first-order chi connectivity index (χ1) is 9.54. The van der Waals surface area contributed by atoms with Gasteiger partial charge in [-0.25, -0.2) is 4.98 Å². The minimum Gasteiger partial charge on any atom is -0.409 e. The van der Waals surface area contributed by atoms with Crippen molar-refractivity contribution >= 4 is 23.3 Å². The molecule has 1 aromatic heterocycles. The average Bonchev–Trinajstić information content (AvgIpc) is 2.47. The van der Waals surface area contributed by atoms with Gasteiger partial charge < -0.3 is 15.8 Å². The highest BCUT2D eigenvalue weighted by molar-refractivity contribution is 6.36. The molecule has 0 atom stereocenters. The van der Waals surface area contributed by atoms with Crippen molar-refractivity contribution < 1.29 is 5.21 Å². The first kappa shape index (κ1) is 14.9. The fourth-order valence-electron chi connectivity index (χ4n) is 2.68. The second-order valence-electron chi connectivity index (χ2n) is 5.55. The lowest BCUT2D eigenvalue weighted by molar-refractivity contribution is 0.310. The number of hydrogen-bond donors (Lipinski definition) is 2. The van der Waals surface area contributed by atoms with Gasteiger partial charge in [0, 0.05) is 24.8 Å². The summed E-state index contributed by atoms with van der Waals surface area (Å²) in [5, 5.41) is 12.2. The molecule has 0 saturated carbocycles. The van der Waals surface area contributed by atoms with Gasteiger partial charge in [0.2, 0.25) is 0 Å². The molecule has 110 valence electrons. The molecule has 2 heterocycles. The summed E-state index contributed by atoms with van der Waals surface area (Å²) in [7, 11) is 0. The fourth-order valence-corrected chi connectivity index (χ4v) is 3.01. The predicted octanol–water partition coefficient (Wildman–Crippen LogP) is 2.70. The van der Waals surface area contributed by atoms with Crippen molar-refractivity contribution in [2.45, 2.75) is 26.7 Å². The van der Waals surface area contributed by atoms with Gasteiger partial charge in [0.25, 0.3) is 0 Å². The molecule has 20 heavy (non-hydrogen) atoms. The fraction of sp³-hybridized carbons (Fsp3) is 0.571. The van der Waals surface area contributed by atoms with Crippen LogP contribution in [0, 0.1) is 11.8 Å². The first-order valence-electron chi connectivity index (χ1n) is 6.92. The molecule has 0 bridgehead atoms. The van der Waals surface area contributed by atoms with Gasteiger partial charge in [-0.1, -0.05) is 30.6 Å². The molecule has 0 unspecified atom stereocenters. The smallest absolute Gasteiger partial charge is 0.171 e. The molecule has 1 aliphatic rings. The summed E-state index contributed by atoms with van der Waals surface area (Å²) in [6.45, 7) is 6.42. The Kier molecular flexibility index (Phi) is 4.70. The topological polar surface area (TPSA) is 74.7 Å². The van der Waals surface area contributed by atoms with E-state index in [0.29, 0.717) is 16.5 Å². The van der Waals surface area contributed by atoms with Crippen LogP contribution < -0.4 is 10.6 Å². The second-order valence-corrected chi connectivity index (χ2v) is 5.93. The second kappa shape index (κ2) is 6.31.